The number of fused-ring (bicyclic) bond motifs is 1. The van der Waals surface area contributed by atoms with Gasteiger partial charge in [0.15, 0.2) is 6.23 Å². The molecule has 6 unspecified atom stereocenters. The molecule has 10 heteroatoms. The zero-order chi connectivity index (χ0) is 21.4. The molecule has 0 aliphatic carbocycles. The Morgan fingerprint density at radius 1 is 1.27 bits per heavy atom. The number of hydrogen-bond donors (Lipinski definition) is 0. The van der Waals surface area contributed by atoms with Crippen LogP contribution in [0.15, 0.2) is 22.4 Å². The minimum atomic E-state index is -2.52. The molecule has 3 aliphatic rings. The van der Waals surface area contributed by atoms with Crippen molar-refractivity contribution in [3.63, 3.8) is 0 Å². The van der Waals surface area contributed by atoms with Gasteiger partial charge in [-0.25, -0.2) is 8.78 Å². The quantitative estimate of drug-likeness (QED) is 0.701. The van der Waals surface area contributed by atoms with Gasteiger partial charge >= 0.3 is 0 Å². The Balaban J connectivity index is 1.62. The Morgan fingerprint density at radius 3 is 2.77 bits per heavy atom. The number of aliphatic imine (C=N–C) groups is 2. The van der Waals surface area contributed by atoms with Gasteiger partial charge in [0.1, 0.15) is 6.54 Å². The first-order valence-corrected chi connectivity index (χ1v) is 10.2. The number of ether oxygens (including phenoxy) is 2. The first-order valence-electron chi connectivity index (χ1n) is 10.2. The molecule has 3 aliphatic heterocycles. The number of methoxy groups -OCH3 is 2. The van der Waals surface area contributed by atoms with E-state index in [0.29, 0.717) is 17.9 Å². The molecule has 0 bridgehead atoms. The van der Waals surface area contributed by atoms with E-state index >= 15 is 0 Å². The van der Waals surface area contributed by atoms with E-state index < -0.39 is 19.2 Å². The van der Waals surface area contributed by atoms with Gasteiger partial charge in [-0.15, -0.1) is 0 Å². The highest BCUT2D eigenvalue weighted by atomic mass is 19.3. The number of anilines is 1. The van der Waals surface area contributed by atoms with Crippen LogP contribution in [0.2, 0.25) is 0 Å². The molecule has 8 nitrogen and oxygen atoms in total. The predicted molar refractivity (Wildman–Crippen MR) is 107 cm³/mol. The molecule has 0 spiro atoms. The maximum absolute atomic E-state index is 13.3. The minimum Gasteiger partial charge on any atom is -0.380 e. The van der Waals surface area contributed by atoms with Gasteiger partial charge in [0.05, 0.1) is 42.2 Å². The monoisotopic (exact) mass is 423 g/mol. The van der Waals surface area contributed by atoms with E-state index in [2.05, 4.69) is 17.0 Å². The van der Waals surface area contributed by atoms with Crippen molar-refractivity contribution in [3.8, 4) is 0 Å². The molecule has 4 heterocycles. The van der Waals surface area contributed by atoms with Gasteiger partial charge in [-0.3, -0.25) is 24.4 Å². The largest absolute Gasteiger partial charge is 0.380 e. The van der Waals surface area contributed by atoms with Gasteiger partial charge in [0, 0.05) is 32.5 Å². The molecule has 4 rings (SSSR count). The third-order valence-electron chi connectivity index (χ3n) is 6.22. The lowest BCUT2D eigenvalue weighted by atomic mass is 9.78. The van der Waals surface area contributed by atoms with Crippen molar-refractivity contribution in [2.24, 2.45) is 27.7 Å². The van der Waals surface area contributed by atoms with Gasteiger partial charge < -0.3 is 9.47 Å². The van der Waals surface area contributed by atoms with E-state index in [9.17, 15) is 13.6 Å². The average molecular weight is 423 g/mol. The molecule has 30 heavy (non-hydrogen) atoms. The highest BCUT2D eigenvalue weighted by Crippen LogP contribution is 2.40. The smallest absolute Gasteiger partial charge is 0.257 e. The van der Waals surface area contributed by atoms with Crippen LogP contribution < -0.4 is 4.90 Å². The van der Waals surface area contributed by atoms with E-state index in [1.165, 1.54) is 24.4 Å². The van der Waals surface area contributed by atoms with Crippen LogP contribution in [0.25, 0.3) is 0 Å². The number of aromatic nitrogens is 2. The van der Waals surface area contributed by atoms with E-state index in [-0.39, 0.29) is 35.8 Å². The molecule has 0 radical (unpaired) electrons. The van der Waals surface area contributed by atoms with Gasteiger partial charge in [0.25, 0.3) is 6.43 Å². The first-order chi connectivity index (χ1) is 14.4. The topological polar surface area (TPSA) is 81.3 Å². The number of amides is 1. The maximum atomic E-state index is 13.3. The van der Waals surface area contributed by atoms with Crippen LogP contribution in [-0.4, -0.2) is 73.2 Å². The van der Waals surface area contributed by atoms with E-state index in [4.69, 9.17) is 14.5 Å². The first kappa shape index (κ1) is 21.0. The summed E-state index contributed by atoms with van der Waals surface area (Å²) >= 11 is 0. The molecule has 1 saturated heterocycles. The Morgan fingerprint density at radius 2 is 2.07 bits per heavy atom. The lowest BCUT2D eigenvalue weighted by Gasteiger charge is -2.34. The van der Waals surface area contributed by atoms with Crippen molar-refractivity contribution >= 4 is 23.5 Å². The normalized spacial score (nSPS) is 33.9. The van der Waals surface area contributed by atoms with E-state index in [1.54, 1.807) is 7.11 Å². The average Bonchev–Trinajstić information content (AvgIpc) is 3.29. The van der Waals surface area contributed by atoms with Crippen LogP contribution in [0.1, 0.15) is 19.8 Å². The maximum Gasteiger partial charge on any atom is 0.257 e. The number of alkyl halides is 2. The fourth-order valence-electron chi connectivity index (χ4n) is 4.78. The van der Waals surface area contributed by atoms with Crippen molar-refractivity contribution < 1.29 is 23.0 Å². The lowest BCUT2D eigenvalue weighted by Crippen LogP contribution is -2.40. The number of halogens is 2. The van der Waals surface area contributed by atoms with Crippen LogP contribution in [0.3, 0.4) is 0 Å². The molecule has 0 saturated carbocycles. The standard InChI is InChI=1S/C20H27F2N5O3/c1-11-4-15(12-5-14(29-2)8-23-6-12)25-18-17(11)19(28)27(20(18)30-3)13-7-24-26(9-13)10-16(21)22/h6-7,9,11-12,14-17,20H,4-5,8,10H2,1-3H3. The van der Waals surface area contributed by atoms with Crippen LogP contribution in [0.4, 0.5) is 14.5 Å². The molecule has 1 aromatic heterocycles. The number of rotatable bonds is 6. The fraction of sp³-hybridized carbons (Fsp3) is 0.700. The highest BCUT2D eigenvalue weighted by molar-refractivity contribution is 6.21. The summed E-state index contributed by atoms with van der Waals surface area (Å²) in [5.74, 6) is -0.293. The second kappa shape index (κ2) is 8.50. The summed E-state index contributed by atoms with van der Waals surface area (Å²) in [5, 5.41) is 3.96. The highest BCUT2D eigenvalue weighted by Gasteiger charge is 2.52. The Bertz CT molecular complexity index is 842. The third kappa shape index (κ3) is 3.78. The van der Waals surface area contributed by atoms with Gasteiger partial charge in [0.2, 0.25) is 5.91 Å². The second-order valence-electron chi connectivity index (χ2n) is 8.19. The van der Waals surface area contributed by atoms with Gasteiger partial charge in [-0.1, -0.05) is 6.92 Å². The molecule has 6 atom stereocenters. The van der Waals surface area contributed by atoms with Crippen LogP contribution in [0, 0.1) is 17.8 Å². The molecule has 1 fully saturated rings. The molecular formula is C20H27F2N5O3. The number of hydrogen-bond acceptors (Lipinski definition) is 6. The molecule has 0 aromatic carbocycles. The number of nitrogens with zero attached hydrogens (tertiary/aromatic N) is 5. The zero-order valence-corrected chi connectivity index (χ0v) is 17.3. The summed E-state index contributed by atoms with van der Waals surface area (Å²) in [6.07, 6.45) is 3.32. The Labute approximate surface area is 173 Å². The summed E-state index contributed by atoms with van der Waals surface area (Å²) in [7, 11) is 3.22. The third-order valence-corrected chi connectivity index (χ3v) is 6.22. The van der Waals surface area contributed by atoms with Crippen molar-refractivity contribution in [1.82, 2.24) is 9.78 Å². The van der Waals surface area contributed by atoms with Crippen molar-refractivity contribution in [2.45, 2.75) is 51.1 Å². The van der Waals surface area contributed by atoms with Gasteiger partial charge in [-0.05, 0) is 18.8 Å². The zero-order valence-electron chi connectivity index (χ0n) is 17.3. The van der Waals surface area contributed by atoms with Crippen LogP contribution >= 0.6 is 0 Å². The Hall–Kier alpha value is -2.20. The molecular weight excluding hydrogens is 396 g/mol. The molecule has 1 aromatic rings. The predicted octanol–water partition coefficient (Wildman–Crippen LogP) is 2.04. The van der Waals surface area contributed by atoms with E-state index in [0.717, 1.165) is 17.5 Å². The van der Waals surface area contributed by atoms with Crippen molar-refractivity contribution in [1.29, 1.82) is 0 Å². The summed E-state index contributed by atoms with van der Waals surface area (Å²) in [5.41, 5.74) is 1.13. The van der Waals surface area contributed by atoms with E-state index in [1.807, 2.05) is 6.21 Å². The lowest BCUT2D eigenvalue weighted by molar-refractivity contribution is -0.121. The van der Waals surface area contributed by atoms with Crippen LogP contribution in [0.5, 0.6) is 0 Å². The summed E-state index contributed by atoms with van der Waals surface area (Å²) < 4.78 is 37.7. The SMILES string of the molecule is COC1CN=CC(C2CC(C)C3C(=O)N(c4cnn(CC(F)F)c4)C(OC)C3=N2)C1. The molecule has 1 amide bonds. The number of carbonyl (C=O) groups excluding carboxylic acids is 1. The number of carbonyl (C=O) groups is 1. The summed E-state index contributed by atoms with van der Waals surface area (Å²) in [4.78, 5) is 24.2. The van der Waals surface area contributed by atoms with Crippen molar-refractivity contribution in [3.05, 3.63) is 12.4 Å². The molecule has 0 N–H and O–H groups in total. The fourth-order valence-corrected chi connectivity index (χ4v) is 4.78. The van der Waals surface area contributed by atoms with Gasteiger partial charge in [-0.2, -0.15) is 5.10 Å². The molecule has 164 valence electrons. The summed E-state index contributed by atoms with van der Waals surface area (Å²) in [6, 6.07) is -0.0000863. The minimum absolute atomic E-state index is 0.0000863. The van der Waals surface area contributed by atoms with Crippen molar-refractivity contribution in [2.75, 3.05) is 25.7 Å². The van der Waals surface area contributed by atoms with Crippen LogP contribution in [-0.2, 0) is 20.8 Å². The second-order valence-corrected chi connectivity index (χ2v) is 8.19. The Kier molecular flexibility index (Phi) is 5.97. The summed E-state index contributed by atoms with van der Waals surface area (Å²) in [6.45, 7) is 2.18.